The molecule has 1 N–H and O–H groups in total. The van der Waals surface area contributed by atoms with Gasteiger partial charge in [-0.3, -0.25) is 4.57 Å². The molecule has 1 saturated heterocycles. The number of aromatic amines is 1. The summed E-state index contributed by atoms with van der Waals surface area (Å²) in [6.07, 6.45) is 2.72. The van der Waals surface area contributed by atoms with Crippen LogP contribution in [0.3, 0.4) is 0 Å². The van der Waals surface area contributed by atoms with Crippen LogP contribution in [-0.2, 0) is 0 Å². The molecule has 0 unspecified atom stereocenters. The van der Waals surface area contributed by atoms with Crippen LogP contribution in [0.4, 0.5) is 8.78 Å². The van der Waals surface area contributed by atoms with Gasteiger partial charge in [0.1, 0.15) is 11.6 Å². The maximum atomic E-state index is 13.5. The molecule has 0 atom stereocenters. The molecule has 0 spiro atoms. The highest BCUT2D eigenvalue weighted by molar-refractivity contribution is 5.75. The molecule has 0 amide bonds. The molecule has 7 heteroatoms. The first kappa shape index (κ1) is 23.5. The van der Waals surface area contributed by atoms with E-state index < -0.39 is 0 Å². The Morgan fingerprint density at radius 2 is 1.49 bits per heavy atom. The SMILES string of the molecule is O=c1[nH]c2ccccc2n1C1CC[N+]([O-])(CCCC(c2ccc(F)cc2)c2ccc(F)cc2)CC1. The van der Waals surface area contributed by atoms with Gasteiger partial charge in [0.15, 0.2) is 0 Å². The van der Waals surface area contributed by atoms with Gasteiger partial charge in [-0.25, -0.2) is 13.6 Å². The minimum atomic E-state index is -0.298. The summed E-state index contributed by atoms with van der Waals surface area (Å²) in [5.74, 6) is -0.633. The van der Waals surface area contributed by atoms with Crippen LogP contribution in [0.25, 0.3) is 11.0 Å². The summed E-state index contributed by atoms with van der Waals surface area (Å²) < 4.78 is 28.5. The summed E-state index contributed by atoms with van der Waals surface area (Å²) in [5, 5.41) is 13.5. The molecular formula is C28H29F2N3O2. The molecule has 5 nitrogen and oxygen atoms in total. The van der Waals surface area contributed by atoms with Crippen molar-refractivity contribution in [1.82, 2.24) is 9.55 Å². The van der Waals surface area contributed by atoms with Gasteiger partial charge in [0.05, 0.1) is 30.7 Å². The number of nitrogens with one attached hydrogen (secondary N) is 1. The zero-order valence-electron chi connectivity index (χ0n) is 19.5. The van der Waals surface area contributed by atoms with Gasteiger partial charge in [-0.05, 0) is 60.4 Å². The lowest BCUT2D eigenvalue weighted by atomic mass is 9.87. The summed E-state index contributed by atoms with van der Waals surface area (Å²) >= 11 is 0. The molecule has 0 saturated carbocycles. The first-order chi connectivity index (χ1) is 16.9. The average Bonchev–Trinajstić information content (AvgIpc) is 3.20. The van der Waals surface area contributed by atoms with Crippen LogP contribution in [0.2, 0.25) is 0 Å². The van der Waals surface area contributed by atoms with Gasteiger partial charge in [0.25, 0.3) is 0 Å². The first-order valence-corrected chi connectivity index (χ1v) is 12.2. The molecule has 2 heterocycles. The number of hydrogen-bond acceptors (Lipinski definition) is 2. The Bertz CT molecular complexity index is 1290. The highest BCUT2D eigenvalue weighted by Gasteiger charge is 2.30. The highest BCUT2D eigenvalue weighted by atomic mass is 19.1. The Morgan fingerprint density at radius 1 is 0.914 bits per heavy atom. The quantitative estimate of drug-likeness (QED) is 0.267. The van der Waals surface area contributed by atoms with Gasteiger partial charge < -0.3 is 14.8 Å². The van der Waals surface area contributed by atoms with Crippen LogP contribution >= 0.6 is 0 Å². The maximum Gasteiger partial charge on any atom is 0.326 e. The number of piperidine rings is 1. The predicted octanol–water partition coefficient (Wildman–Crippen LogP) is 5.87. The van der Waals surface area contributed by atoms with Gasteiger partial charge in [-0.2, -0.15) is 0 Å². The largest absolute Gasteiger partial charge is 0.633 e. The van der Waals surface area contributed by atoms with Crippen molar-refractivity contribution in [3.63, 3.8) is 0 Å². The van der Waals surface area contributed by atoms with Crippen LogP contribution in [0.15, 0.2) is 77.6 Å². The average molecular weight is 478 g/mol. The fraction of sp³-hybridized carbons (Fsp3) is 0.321. The van der Waals surface area contributed by atoms with Crippen LogP contribution < -0.4 is 5.69 Å². The summed E-state index contributed by atoms with van der Waals surface area (Å²) in [6, 6.07) is 20.4. The second-order valence-corrected chi connectivity index (χ2v) is 9.58. The molecule has 35 heavy (non-hydrogen) atoms. The number of quaternary nitrogens is 1. The number of hydroxylamine groups is 3. The lowest BCUT2D eigenvalue weighted by Gasteiger charge is -2.47. The van der Waals surface area contributed by atoms with Crippen molar-refractivity contribution < 1.29 is 13.4 Å². The second-order valence-electron chi connectivity index (χ2n) is 9.58. The van der Waals surface area contributed by atoms with Gasteiger partial charge in [0.2, 0.25) is 0 Å². The van der Waals surface area contributed by atoms with E-state index in [-0.39, 0.29) is 33.9 Å². The zero-order chi connectivity index (χ0) is 24.4. The zero-order valence-corrected chi connectivity index (χ0v) is 19.5. The third kappa shape index (κ3) is 5.06. The molecule has 182 valence electrons. The van der Waals surface area contributed by atoms with E-state index in [1.54, 1.807) is 28.8 Å². The number of aromatic nitrogens is 2. The summed E-state index contributed by atoms with van der Waals surface area (Å²) in [5.41, 5.74) is 3.48. The summed E-state index contributed by atoms with van der Waals surface area (Å²) in [6.45, 7) is 1.41. The van der Waals surface area contributed by atoms with E-state index in [0.29, 0.717) is 45.3 Å². The number of benzene rings is 3. The molecule has 1 aromatic heterocycles. The minimum Gasteiger partial charge on any atom is -0.633 e. The Kier molecular flexibility index (Phi) is 6.54. The van der Waals surface area contributed by atoms with E-state index in [2.05, 4.69) is 4.98 Å². The van der Waals surface area contributed by atoms with Gasteiger partial charge in [0, 0.05) is 24.8 Å². The molecule has 0 radical (unpaired) electrons. The third-order valence-electron chi connectivity index (χ3n) is 7.33. The van der Waals surface area contributed by atoms with Crippen molar-refractivity contribution in [2.75, 3.05) is 19.6 Å². The van der Waals surface area contributed by atoms with Gasteiger partial charge in [-0.15, -0.1) is 0 Å². The number of para-hydroxylation sites is 2. The molecular weight excluding hydrogens is 448 g/mol. The fourth-order valence-corrected chi connectivity index (χ4v) is 5.44. The molecule has 4 aromatic rings. The summed E-state index contributed by atoms with van der Waals surface area (Å²) in [4.78, 5) is 15.4. The standard InChI is InChI=1S/C28H29F2N3O2/c29-22-11-7-20(8-12-22)25(21-9-13-23(30)14-10-21)4-3-17-33(35)18-15-24(16-19-33)32-27-6-2-1-5-26(27)31-28(32)34/h1-2,5-14,24-25H,3-4,15-19H2,(H,31,34). The van der Waals surface area contributed by atoms with Crippen LogP contribution in [0, 0.1) is 16.8 Å². The predicted molar refractivity (Wildman–Crippen MR) is 133 cm³/mol. The lowest BCUT2D eigenvalue weighted by molar-refractivity contribution is -0.886. The number of likely N-dealkylation sites (tertiary alicyclic amines) is 1. The summed E-state index contributed by atoms with van der Waals surface area (Å²) in [7, 11) is 0. The van der Waals surface area contributed by atoms with Crippen molar-refractivity contribution in [3.05, 3.63) is 111 Å². The van der Waals surface area contributed by atoms with E-state index in [9.17, 15) is 18.8 Å². The van der Waals surface area contributed by atoms with E-state index in [1.165, 1.54) is 24.3 Å². The van der Waals surface area contributed by atoms with Crippen molar-refractivity contribution in [2.24, 2.45) is 0 Å². The normalized spacial score (nSPS) is 20.5. The van der Waals surface area contributed by atoms with Crippen LogP contribution in [0.1, 0.15) is 48.8 Å². The maximum absolute atomic E-state index is 13.5. The third-order valence-corrected chi connectivity index (χ3v) is 7.33. The molecule has 3 aromatic carbocycles. The number of H-pyrrole nitrogens is 1. The molecule has 1 aliphatic rings. The number of fused-ring (bicyclic) bond motifs is 1. The number of hydrogen-bond donors (Lipinski definition) is 1. The van der Waals surface area contributed by atoms with Crippen molar-refractivity contribution >= 4 is 11.0 Å². The number of nitrogens with zero attached hydrogens (tertiary/aromatic N) is 2. The van der Waals surface area contributed by atoms with Crippen LogP contribution in [-0.4, -0.2) is 33.8 Å². The molecule has 1 aliphatic heterocycles. The van der Waals surface area contributed by atoms with E-state index in [4.69, 9.17) is 0 Å². The van der Waals surface area contributed by atoms with Crippen molar-refractivity contribution in [2.45, 2.75) is 37.6 Å². The van der Waals surface area contributed by atoms with E-state index >= 15 is 0 Å². The Hall–Kier alpha value is -3.29. The smallest absolute Gasteiger partial charge is 0.326 e. The first-order valence-electron chi connectivity index (χ1n) is 12.2. The molecule has 1 fully saturated rings. The highest BCUT2D eigenvalue weighted by Crippen LogP contribution is 2.32. The Morgan fingerprint density at radius 3 is 2.09 bits per heavy atom. The Labute approximate surface area is 202 Å². The van der Waals surface area contributed by atoms with Crippen LogP contribution in [0.5, 0.6) is 0 Å². The van der Waals surface area contributed by atoms with Gasteiger partial charge in [-0.1, -0.05) is 36.4 Å². The van der Waals surface area contributed by atoms with Crippen molar-refractivity contribution in [3.8, 4) is 0 Å². The lowest BCUT2D eigenvalue weighted by Crippen LogP contribution is -2.49. The van der Waals surface area contributed by atoms with E-state index in [1.807, 2.05) is 24.3 Å². The molecule has 5 rings (SSSR count). The molecule has 0 bridgehead atoms. The Balaban J connectivity index is 1.24. The number of rotatable bonds is 7. The second kappa shape index (κ2) is 9.76. The number of imidazole rings is 1. The molecule has 0 aliphatic carbocycles. The van der Waals surface area contributed by atoms with E-state index in [0.717, 1.165) is 22.2 Å². The minimum absolute atomic E-state index is 0.0185. The van der Waals surface area contributed by atoms with Gasteiger partial charge >= 0.3 is 5.69 Å². The number of halogens is 2. The fourth-order valence-electron chi connectivity index (χ4n) is 5.44. The monoisotopic (exact) mass is 477 g/mol. The van der Waals surface area contributed by atoms with Crippen molar-refractivity contribution in [1.29, 1.82) is 0 Å². The topological polar surface area (TPSA) is 60.8 Å².